The molecular weight excluding hydrogens is 369 g/mol. The van der Waals surface area contributed by atoms with Crippen LogP contribution in [0.4, 0.5) is 13.2 Å². The Kier molecular flexibility index (Phi) is 6.46. The summed E-state index contributed by atoms with van der Waals surface area (Å²) in [6.07, 6.45) is -4.56. The molecule has 3 nitrogen and oxygen atoms in total. The number of aliphatic hydroxyl groups excluding tert-OH is 1. The van der Waals surface area contributed by atoms with Gasteiger partial charge in [0, 0.05) is 0 Å². The van der Waals surface area contributed by atoms with E-state index >= 15 is 0 Å². The van der Waals surface area contributed by atoms with E-state index in [9.17, 15) is 28.2 Å². The summed E-state index contributed by atoms with van der Waals surface area (Å²) >= 11 is 0. The fourth-order valence-electron chi connectivity index (χ4n) is 2.75. The lowest BCUT2D eigenvalue weighted by atomic mass is 9.93. The highest BCUT2D eigenvalue weighted by Crippen LogP contribution is 2.39. The standard InChI is InChI=1S/C22H21F3O3/c1-4-20(26)18(21(27)28)11-14(3)16-9-10-17(19(12-16)22(23,24)25)15-7-5-13(2)6-8-15/h5-12,20,26H,3-4H2,1-2H3,(H,27,28)/b18-11+. The number of carbonyl (C=O) groups is 1. The molecule has 2 N–H and O–H groups in total. The summed E-state index contributed by atoms with van der Waals surface area (Å²) in [5.74, 6) is -1.34. The molecule has 0 aliphatic heterocycles. The molecule has 0 saturated heterocycles. The van der Waals surface area contributed by atoms with Crippen molar-refractivity contribution in [3.63, 3.8) is 0 Å². The lowest BCUT2D eigenvalue weighted by Crippen LogP contribution is -2.16. The van der Waals surface area contributed by atoms with Crippen molar-refractivity contribution in [2.75, 3.05) is 0 Å². The minimum atomic E-state index is -4.60. The van der Waals surface area contributed by atoms with Gasteiger partial charge in [0.1, 0.15) is 0 Å². The molecule has 0 spiro atoms. The van der Waals surface area contributed by atoms with Crippen LogP contribution in [0.3, 0.4) is 0 Å². The van der Waals surface area contributed by atoms with E-state index in [0.717, 1.165) is 17.7 Å². The molecule has 0 saturated carbocycles. The van der Waals surface area contributed by atoms with E-state index in [4.69, 9.17) is 0 Å². The topological polar surface area (TPSA) is 57.5 Å². The maximum Gasteiger partial charge on any atom is 0.417 e. The van der Waals surface area contributed by atoms with E-state index in [2.05, 4.69) is 6.58 Å². The highest BCUT2D eigenvalue weighted by molar-refractivity contribution is 5.92. The Balaban J connectivity index is 2.54. The van der Waals surface area contributed by atoms with Crippen LogP contribution in [0.1, 0.15) is 30.0 Å². The summed E-state index contributed by atoms with van der Waals surface area (Å²) in [5.41, 5.74) is 0.442. The number of carboxylic acid groups (broad SMARTS) is 1. The second-order valence-corrected chi connectivity index (χ2v) is 6.48. The quantitative estimate of drug-likeness (QED) is 0.508. The Bertz CT molecular complexity index is 910. The van der Waals surface area contributed by atoms with Gasteiger partial charge in [0.15, 0.2) is 0 Å². The van der Waals surface area contributed by atoms with Gasteiger partial charge in [0.25, 0.3) is 0 Å². The largest absolute Gasteiger partial charge is 0.478 e. The van der Waals surface area contributed by atoms with Gasteiger partial charge in [0.2, 0.25) is 0 Å². The van der Waals surface area contributed by atoms with Gasteiger partial charge >= 0.3 is 12.1 Å². The van der Waals surface area contributed by atoms with Crippen LogP contribution in [0.25, 0.3) is 16.7 Å². The molecule has 2 aromatic carbocycles. The van der Waals surface area contributed by atoms with Gasteiger partial charge in [-0.25, -0.2) is 4.79 Å². The van der Waals surface area contributed by atoms with Crippen molar-refractivity contribution < 1.29 is 28.2 Å². The third-order valence-electron chi connectivity index (χ3n) is 4.38. The number of aliphatic hydroxyl groups is 1. The maximum absolute atomic E-state index is 13.7. The van der Waals surface area contributed by atoms with Crippen LogP contribution in [0.2, 0.25) is 0 Å². The zero-order valence-electron chi connectivity index (χ0n) is 15.5. The van der Waals surface area contributed by atoms with Gasteiger partial charge in [-0.1, -0.05) is 55.5 Å². The van der Waals surface area contributed by atoms with E-state index in [1.54, 1.807) is 31.2 Å². The second-order valence-electron chi connectivity index (χ2n) is 6.48. The van der Waals surface area contributed by atoms with Crippen LogP contribution < -0.4 is 0 Å². The van der Waals surface area contributed by atoms with E-state index in [1.165, 1.54) is 12.1 Å². The summed E-state index contributed by atoms with van der Waals surface area (Å²) in [4.78, 5) is 11.3. The number of benzene rings is 2. The van der Waals surface area contributed by atoms with Crippen molar-refractivity contribution >= 4 is 11.5 Å². The number of rotatable bonds is 6. The number of carboxylic acids is 1. The molecule has 0 heterocycles. The van der Waals surface area contributed by atoms with Gasteiger partial charge in [-0.3, -0.25) is 0 Å². The number of allylic oxidation sites excluding steroid dienone is 2. The number of alkyl halides is 3. The molecule has 0 aliphatic rings. The molecule has 2 aromatic rings. The van der Waals surface area contributed by atoms with Gasteiger partial charge in [-0.05, 0) is 47.8 Å². The van der Waals surface area contributed by atoms with E-state index < -0.39 is 23.8 Å². The molecular formula is C22H21F3O3. The van der Waals surface area contributed by atoms with Crippen molar-refractivity contribution in [2.45, 2.75) is 32.5 Å². The molecule has 6 heteroatoms. The fraction of sp³-hybridized carbons (Fsp3) is 0.227. The van der Waals surface area contributed by atoms with Gasteiger partial charge in [-0.2, -0.15) is 13.2 Å². The Labute approximate surface area is 161 Å². The lowest BCUT2D eigenvalue weighted by Gasteiger charge is -2.16. The first-order valence-corrected chi connectivity index (χ1v) is 8.65. The number of aryl methyl sites for hydroxylation is 1. The maximum atomic E-state index is 13.7. The summed E-state index contributed by atoms with van der Waals surface area (Å²) in [6.45, 7) is 7.13. The highest BCUT2D eigenvalue weighted by Gasteiger charge is 2.34. The van der Waals surface area contributed by atoms with Crippen molar-refractivity contribution in [1.82, 2.24) is 0 Å². The number of hydrogen-bond donors (Lipinski definition) is 2. The molecule has 0 radical (unpaired) electrons. The first kappa shape index (κ1) is 21.4. The minimum Gasteiger partial charge on any atom is -0.478 e. The van der Waals surface area contributed by atoms with Crippen LogP contribution in [-0.4, -0.2) is 22.3 Å². The van der Waals surface area contributed by atoms with Gasteiger partial charge in [-0.15, -0.1) is 0 Å². The predicted molar refractivity (Wildman–Crippen MR) is 103 cm³/mol. The predicted octanol–water partition coefficient (Wildman–Crippen LogP) is 5.48. The molecule has 2 rings (SSSR count). The molecule has 1 atom stereocenters. The minimum absolute atomic E-state index is 0.0279. The Morgan fingerprint density at radius 1 is 1.18 bits per heavy atom. The zero-order valence-corrected chi connectivity index (χ0v) is 15.5. The normalized spacial score (nSPS) is 13.3. The smallest absolute Gasteiger partial charge is 0.417 e. The molecule has 28 heavy (non-hydrogen) atoms. The third-order valence-corrected chi connectivity index (χ3v) is 4.38. The average molecular weight is 390 g/mol. The van der Waals surface area contributed by atoms with Crippen molar-refractivity contribution in [2.24, 2.45) is 0 Å². The summed E-state index contributed by atoms with van der Waals surface area (Å²) in [7, 11) is 0. The van der Waals surface area contributed by atoms with Crippen LogP contribution in [-0.2, 0) is 11.0 Å². The number of halogens is 3. The third kappa shape index (κ3) is 4.89. The molecule has 0 aromatic heterocycles. The monoisotopic (exact) mass is 390 g/mol. The summed E-state index contributed by atoms with van der Waals surface area (Å²) < 4.78 is 41.0. The Morgan fingerprint density at radius 3 is 2.29 bits per heavy atom. The Morgan fingerprint density at radius 2 is 1.79 bits per heavy atom. The van der Waals surface area contributed by atoms with Gasteiger partial charge in [0.05, 0.1) is 17.2 Å². The molecule has 148 valence electrons. The zero-order chi connectivity index (χ0) is 21.1. The van der Waals surface area contributed by atoms with Crippen LogP contribution in [0.15, 0.2) is 60.7 Å². The Hall–Kier alpha value is -2.86. The summed E-state index contributed by atoms with van der Waals surface area (Å²) in [5, 5.41) is 19.0. The van der Waals surface area contributed by atoms with E-state index in [0.29, 0.717) is 5.56 Å². The molecule has 0 amide bonds. The lowest BCUT2D eigenvalue weighted by molar-refractivity contribution is -0.137. The molecule has 0 bridgehead atoms. The van der Waals surface area contributed by atoms with E-state index in [1.807, 2.05) is 6.92 Å². The summed E-state index contributed by atoms with van der Waals surface area (Å²) in [6, 6.07) is 10.5. The van der Waals surface area contributed by atoms with Crippen LogP contribution in [0, 0.1) is 6.92 Å². The highest BCUT2D eigenvalue weighted by atomic mass is 19.4. The number of hydrogen-bond acceptors (Lipinski definition) is 2. The average Bonchev–Trinajstić information content (AvgIpc) is 2.64. The molecule has 0 fully saturated rings. The second kappa shape index (κ2) is 8.44. The van der Waals surface area contributed by atoms with Crippen LogP contribution in [0.5, 0.6) is 0 Å². The van der Waals surface area contributed by atoms with E-state index in [-0.39, 0.29) is 28.7 Å². The van der Waals surface area contributed by atoms with Crippen molar-refractivity contribution in [1.29, 1.82) is 0 Å². The van der Waals surface area contributed by atoms with Crippen molar-refractivity contribution in [3.05, 3.63) is 77.4 Å². The molecule has 0 aliphatic carbocycles. The fourth-order valence-corrected chi connectivity index (χ4v) is 2.75. The SMILES string of the molecule is C=C(/C=C(/C(=O)O)C(O)CC)c1ccc(-c2ccc(C)cc2)c(C(F)(F)F)c1. The first-order valence-electron chi connectivity index (χ1n) is 8.65. The molecule has 1 unspecified atom stereocenters. The van der Waals surface area contributed by atoms with Crippen molar-refractivity contribution in [3.8, 4) is 11.1 Å². The first-order chi connectivity index (χ1) is 13.0. The van der Waals surface area contributed by atoms with Crippen LogP contribution >= 0.6 is 0 Å². The number of aliphatic carboxylic acids is 1. The van der Waals surface area contributed by atoms with Gasteiger partial charge < -0.3 is 10.2 Å².